The third-order valence-corrected chi connectivity index (χ3v) is 4.19. The van der Waals surface area contributed by atoms with Crippen LogP contribution in [0.1, 0.15) is 27.2 Å². The number of nitro benzene ring substituents is 2. The molecule has 1 aromatic rings. The molecule has 3 N–H and O–H groups in total. The number of rotatable bonds is 15. The maximum absolute atomic E-state index is 11.9. The van der Waals surface area contributed by atoms with Gasteiger partial charge in [-0.3, -0.25) is 30.3 Å². The molecule has 0 saturated heterocycles. The highest BCUT2D eigenvalue weighted by molar-refractivity contribution is 5.81. The molecule has 0 aliphatic carbocycles. The maximum Gasteiger partial charge on any atom is 0.408 e. The Kier molecular flexibility index (Phi) is 11.5. The first kappa shape index (κ1) is 27.5. The fraction of sp³-hybridized carbons (Fsp3) is 0.579. The van der Waals surface area contributed by atoms with E-state index in [4.69, 9.17) is 14.2 Å². The van der Waals surface area contributed by atoms with Crippen molar-refractivity contribution in [1.29, 1.82) is 0 Å². The van der Waals surface area contributed by atoms with Gasteiger partial charge >= 0.3 is 6.09 Å². The summed E-state index contributed by atoms with van der Waals surface area (Å²) in [7, 11) is 0. The smallest absolute Gasteiger partial charge is 0.408 e. The minimum atomic E-state index is -0.779. The van der Waals surface area contributed by atoms with E-state index in [9.17, 15) is 29.8 Å². The van der Waals surface area contributed by atoms with Gasteiger partial charge in [0.15, 0.2) is 0 Å². The number of anilines is 1. The van der Waals surface area contributed by atoms with Crippen molar-refractivity contribution in [3.63, 3.8) is 0 Å². The normalized spacial score (nSPS) is 10.9. The number of carbonyl (C=O) groups is 2. The van der Waals surface area contributed by atoms with E-state index in [1.807, 2.05) is 20.8 Å². The van der Waals surface area contributed by atoms with Crippen LogP contribution in [0, 0.1) is 20.2 Å². The van der Waals surface area contributed by atoms with Crippen molar-refractivity contribution in [2.24, 2.45) is 0 Å². The molecular formula is C19H29N5O9. The van der Waals surface area contributed by atoms with Crippen LogP contribution in [-0.2, 0) is 19.0 Å². The number of nitrogens with zero attached hydrogens (tertiary/aromatic N) is 2. The van der Waals surface area contributed by atoms with Gasteiger partial charge in [-0.1, -0.05) is 0 Å². The zero-order valence-corrected chi connectivity index (χ0v) is 18.8. The highest BCUT2D eigenvalue weighted by Crippen LogP contribution is 2.28. The van der Waals surface area contributed by atoms with Gasteiger partial charge in [0, 0.05) is 25.6 Å². The lowest BCUT2D eigenvalue weighted by Crippen LogP contribution is -2.34. The molecular weight excluding hydrogens is 442 g/mol. The van der Waals surface area contributed by atoms with Gasteiger partial charge in [0.25, 0.3) is 11.4 Å². The topological polar surface area (TPSA) is 184 Å². The number of carbonyl (C=O) groups excluding carboxylic acids is 2. The molecule has 2 amide bonds. The summed E-state index contributed by atoms with van der Waals surface area (Å²) in [5.74, 6) is -0.476. The highest BCUT2D eigenvalue weighted by atomic mass is 16.6. The van der Waals surface area contributed by atoms with Gasteiger partial charge in [-0.2, -0.15) is 0 Å². The Balaban J connectivity index is 2.21. The Morgan fingerprint density at radius 3 is 2.45 bits per heavy atom. The molecule has 184 valence electrons. The molecule has 1 aromatic carbocycles. The number of ether oxygens (including phenoxy) is 3. The number of nitrogens with one attached hydrogen (secondary N) is 3. The number of amides is 2. The highest BCUT2D eigenvalue weighted by Gasteiger charge is 2.20. The Labute approximate surface area is 190 Å². The second kappa shape index (κ2) is 13.8. The molecule has 0 heterocycles. The SMILES string of the molecule is CCOC(C)(C)CCOC(=O)NCOCCNC(=O)CNc1ccc([N+](=O)[O-])cc1[N+](=O)[O-]. The van der Waals surface area contributed by atoms with E-state index in [-0.39, 0.29) is 44.3 Å². The number of hydrogen-bond acceptors (Lipinski definition) is 10. The first-order valence-corrected chi connectivity index (χ1v) is 10.1. The lowest BCUT2D eigenvalue weighted by Gasteiger charge is -2.24. The van der Waals surface area contributed by atoms with Crippen molar-refractivity contribution in [3.8, 4) is 0 Å². The summed E-state index contributed by atoms with van der Waals surface area (Å²) in [6, 6.07) is 3.07. The summed E-state index contributed by atoms with van der Waals surface area (Å²) in [5, 5.41) is 29.3. The largest absolute Gasteiger partial charge is 0.449 e. The van der Waals surface area contributed by atoms with Crippen molar-refractivity contribution in [2.75, 3.05) is 45.0 Å². The number of alkyl carbamates (subject to hydrolysis) is 1. The van der Waals surface area contributed by atoms with Gasteiger partial charge in [-0.15, -0.1) is 0 Å². The third kappa shape index (κ3) is 11.1. The Morgan fingerprint density at radius 2 is 1.82 bits per heavy atom. The number of benzene rings is 1. The second-order valence-electron chi connectivity index (χ2n) is 7.23. The molecule has 0 bridgehead atoms. The van der Waals surface area contributed by atoms with Gasteiger partial charge in [-0.05, 0) is 26.8 Å². The van der Waals surface area contributed by atoms with Crippen LogP contribution in [0.15, 0.2) is 18.2 Å². The van der Waals surface area contributed by atoms with E-state index in [2.05, 4.69) is 16.0 Å². The third-order valence-electron chi connectivity index (χ3n) is 4.19. The van der Waals surface area contributed by atoms with Crippen LogP contribution < -0.4 is 16.0 Å². The summed E-state index contributed by atoms with van der Waals surface area (Å²) >= 11 is 0. The first-order valence-electron chi connectivity index (χ1n) is 10.1. The average molecular weight is 471 g/mol. The zero-order valence-electron chi connectivity index (χ0n) is 18.8. The number of non-ortho nitro benzene ring substituents is 1. The minimum Gasteiger partial charge on any atom is -0.449 e. The molecule has 33 heavy (non-hydrogen) atoms. The van der Waals surface area contributed by atoms with Gasteiger partial charge in [0.1, 0.15) is 12.4 Å². The summed E-state index contributed by atoms with van der Waals surface area (Å²) in [5.41, 5.74) is -1.35. The second-order valence-corrected chi connectivity index (χ2v) is 7.23. The summed E-state index contributed by atoms with van der Waals surface area (Å²) in [6.07, 6.45) is -0.0988. The van der Waals surface area contributed by atoms with Crippen molar-refractivity contribution >= 4 is 29.1 Å². The molecule has 0 aromatic heterocycles. The van der Waals surface area contributed by atoms with Crippen LogP contribution in [0.3, 0.4) is 0 Å². The van der Waals surface area contributed by atoms with Gasteiger partial charge in [0.05, 0.1) is 41.3 Å². The van der Waals surface area contributed by atoms with E-state index in [0.717, 1.165) is 18.2 Å². The molecule has 0 spiro atoms. The van der Waals surface area contributed by atoms with E-state index in [1.165, 1.54) is 0 Å². The predicted molar refractivity (Wildman–Crippen MR) is 117 cm³/mol. The van der Waals surface area contributed by atoms with E-state index in [1.54, 1.807) is 0 Å². The van der Waals surface area contributed by atoms with Gasteiger partial charge < -0.3 is 24.8 Å². The predicted octanol–water partition coefficient (Wildman–Crippen LogP) is 1.94. The molecule has 0 aliphatic rings. The molecule has 0 atom stereocenters. The summed E-state index contributed by atoms with van der Waals surface area (Å²) < 4.78 is 15.7. The molecule has 0 fully saturated rings. The molecule has 1 rings (SSSR count). The van der Waals surface area contributed by atoms with E-state index < -0.39 is 33.2 Å². The molecule has 14 nitrogen and oxygen atoms in total. The molecule has 0 aliphatic heterocycles. The minimum absolute atomic E-state index is 0.0237. The van der Waals surface area contributed by atoms with Crippen molar-refractivity contribution in [3.05, 3.63) is 38.4 Å². The Hall–Kier alpha value is -3.52. The number of nitro groups is 2. The summed E-state index contributed by atoms with van der Waals surface area (Å²) in [6.45, 7) is 6.26. The maximum atomic E-state index is 11.9. The zero-order chi connectivity index (χ0) is 24.9. The van der Waals surface area contributed by atoms with Crippen LogP contribution in [-0.4, -0.2) is 67.1 Å². The van der Waals surface area contributed by atoms with Crippen molar-refractivity contribution in [1.82, 2.24) is 10.6 Å². The van der Waals surface area contributed by atoms with Crippen LogP contribution in [0.4, 0.5) is 21.9 Å². The van der Waals surface area contributed by atoms with Gasteiger partial charge in [0.2, 0.25) is 5.91 Å². The molecule has 0 unspecified atom stereocenters. The van der Waals surface area contributed by atoms with Crippen LogP contribution >= 0.6 is 0 Å². The average Bonchev–Trinajstić information content (AvgIpc) is 2.74. The Bertz CT molecular complexity index is 832. The lowest BCUT2D eigenvalue weighted by atomic mass is 10.1. The Morgan fingerprint density at radius 1 is 1.09 bits per heavy atom. The fourth-order valence-corrected chi connectivity index (χ4v) is 2.52. The number of hydrogen-bond donors (Lipinski definition) is 3. The summed E-state index contributed by atoms with van der Waals surface area (Å²) in [4.78, 5) is 43.7. The van der Waals surface area contributed by atoms with Crippen LogP contribution in [0.2, 0.25) is 0 Å². The van der Waals surface area contributed by atoms with E-state index >= 15 is 0 Å². The van der Waals surface area contributed by atoms with Crippen molar-refractivity contribution in [2.45, 2.75) is 32.8 Å². The fourth-order valence-electron chi connectivity index (χ4n) is 2.52. The van der Waals surface area contributed by atoms with Crippen molar-refractivity contribution < 1.29 is 33.6 Å². The molecule has 0 saturated carbocycles. The van der Waals surface area contributed by atoms with Crippen LogP contribution in [0.5, 0.6) is 0 Å². The molecule has 0 radical (unpaired) electrons. The monoisotopic (exact) mass is 471 g/mol. The molecule has 14 heteroatoms. The standard InChI is InChI=1S/C19H29N5O9/c1-4-33-19(2,3)7-9-32-18(26)22-13-31-10-8-20-17(25)12-21-15-6-5-14(23(27)28)11-16(15)24(29)30/h5-6,11,21H,4,7-10,12-13H2,1-3H3,(H,20,25)(H,22,26). The quantitative estimate of drug-likeness (QED) is 0.148. The first-order chi connectivity index (χ1) is 15.6. The van der Waals surface area contributed by atoms with E-state index in [0.29, 0.717) is 13.0 Å². The van der Waals surface area contributed by atoms with Crippen LogP contribution in [0.25, 0.3) is 0 Å². The van der Waals surface area contributed by atoms with Gasteiger partial charge in [-0.25, -0.2) is 4.79 Å². The lowest BCUT2D eigenvalue weighted by molar-refractivity contribution is -0.393.